The molecule has 4 saturated carbocycles. The average molecular weight is 509 g/mol. The van der Waals surface area contributed by atoms with Gasteiger partial charge in [-0.25, -0.2) is 8.42 Å². The largest absolute Gasteiger partial charge is 0.473 e. The van der Waals surface area contributed by atoms with Gasteiger partial charge in [-0.05, 0) is 87.3 Å². The molecule has 1 aromatic carbocycles. The van der Waals surface area contributed by atoms with Crippen molar-refractivity contribution in [3.05, 3.63) is 34.3 Å². The summed E-state index contributed by atoms with van der Waals surface area (Å²) in [5, 5.41) is -0.754. The van der Waals surface area contributed by atoms with E-state index in [1.165, 1.54) is 0 Å². The molecule has 1 amide bonds. The maximum Gasteiger partial charge on any atom is 0.263 e. The zero-order chi connectivity index (χ0) is 22.2. The number of ether oxygens (including phenoxy) is 1. The number of carbonyl (C=O) groups excluding carboxylic acids is 1. The van der Waals surface area contributed by atoms with Crippen LogP contribution in [0.25, 0.3) is 0 Å². The number of primary amides is 1. The highest BCUT2D eigenvalue weighted by atomic mass is 79.9. The van der Waals surface area contributed by atoms with Crippen LogP contribution >= 0.6 is 15.9 Å². The molecule has 2 N–H and O–H groups in total. The van der Waals surface area contributed by atoms with Gasteiger partial charge in [0.1, 0.15) is 10.9 Å². The van der Waals surface area contributed by atoms with Gasteiger partial charge in [-0.3, -0.25) is 4.79 Å². The Balaban J connectivity index is 1.41. The molecule has 5 atom stereocenters. The molecule has 4 fully saturated rings. The number of hydrogen-bond donors (Lipinski definition) is 1. The van der Waals surface area contributed by atoms with E-state index in [1.54, 1.807) is 0 Å². The van der Waals surface area contributed by atoms with Crippen molar-refractivity contribution in [1.82, 2.24) is 0 Å². The van der Waals surface area contributed by atoms with Crippen molar-refractivity contribution >= 4 is 37.8 Å². The molecular weight excluding hydrogens is 480 g/mol. The summed E-state index contributed by atoms with van der Waals surface area (Å²) < 4.78 is 37.9. The van der Waals surface area contributed by atoms with Crippen molar-refractivity contribution in [3.63, 3.8) is 0 Å². The fourth-order valence-corrected chi connectivity index (χ4v) is 9.10. The van der Waals surface area contributed by atoms with Crippen molar-refractivity contribution in [2.45, 2.75) is 69.6 Å². The van der Waals surface area contributed by atoms with Crippen LogP contribution in [0, 0.1) is 22.7 Å². The summed E-state index contributed by atoms with van der Waals surface area (Å²) in [4.78, 5) is 12.2. The molecule has 0 spiro atoms. The Morgan fingerprint density at radius 2 is 1.94 bits per heavy atom. The van der Waals surface area contributed by atoms with Crippen LogP contribution in [0.5, 0.6) is 0 Å². The summed E-state index contributed by atoms with van der Waals surface area (Å²) in [6.45, 7) is 3.67. The second kappa shape index (κ2) is 6.80. The molecule has 4 unspecified atom stereocenters. The Morgan fingerprint density at radius 3 is 2.58 bits per heavy atom. The number of halogens is 1. The van der Waals surface area contributed by atoms with E-state index in [2.05, 4.69) is 20.3 Å². The summed E-state index contributed by atoms with van der Waals surface area (Å²) in [5.74, 6) is 1.01. The number of nitrogens with two attached hydrogens (primary N) is 1. The van der Waals surface area contributed by atoms with E-state index in [9.17, 15) is 13.2 Å². The SMILES string of the molecule is CC1(C)OC(CC23CC4CC2CC(C(N)=O)(C4)C3)=NS(=O)(=O)[C@@H]1Cc1ccc(Br)cc1. The lowest BCUT2D eigenvalue weighted by Gasteiger charge is -2.41. The molecule has 168 valence electrons. The minimum absolute atomic E-state index is 0.110. The van der Waals surface area contributed by atoms with E-state index in [-0.39, 0.29) is 11.3 Å². The molecule has 5 aliphatic rings. The van der Waals surface area contributed by atoms with Crippen LogP contribution in [0.1, 0.15) is 57.9 Å². The second-order valence-electron chi connectivity index (χ2n) is 10.8. The van der Waals surface area contributed by atoms with Gasteiger partial charge in [0, 0.05) is 10.9 Å². The van der Waals surface area contributed by atoms with Gasteiger partial charge in [0.2, 0.25) is 11.8 Å². The molecule has 6 nitrogen and oxygen atoms in total. The van der Waals surface area contributed by atoms with E-state index in [0.717, 1.165) is 42.1 Å². The van der Waals surface area contributed by atoms with Gasteiger partial charge in [0.15, 0.2) is 0 Å². The number of rotatable bonds is 5. The Bertz CT molecular complexity index is 1070. The topological polar surface area (TPSA) is 98.8 Å². The van der Waals surface area contributed by atoms with Crippen LogP contribution in [0.15, 0.2) is 33.1 Å². The first kappa shape index (κ1) is 21.4. The standard InChI is InChI=1S/C23H29BrN2O4S/c1-21(2)18(8-14-3-5-17(24)6-4-14)31(28,29)26-19(30-21)12-22-9-15-7-16(22)11-23(10-15,13-22)20(25)27/h3-6,15-16,18H,7-13H2,1-2H3,(H2,25,27)/t15?,16?,18-,22?,23?/m1/s1. The molecule has 4 aliphatic carbocycles. The average Bonchev–Trinajstić information content (AvgIpc) is 3.01. The first-order chi connectivity index (χ1) is 14.4. The quantitative estimate of drug-likeness (QED) is 0.650. The lowest BCUT2D eigenvalue weighted by atomic mass is 9.66. The van der Waals surface area contributed by atoms with Crippen LogP contribution in [0.4, 0.5) is 0 Å². The highest BCUT2D eigenvalue weighted by Gasteiger charge is 2.66. The number of hydrogen-bond acceptors (Lipinski definition) is 4. The fourth-order valence-electron chi connectivity index (χ4n) is 7.15. The van der Waals surface area contributed by atoms with E-state index in [0.29, 0.717) is 30.6 Å². The molecule has 1 aromatic rings. The molecule has 31 heavy (non-hydrogen) atoms. The predicted molar refractivity (Wildman–Crippen MR) is 122 cm³/mol. The highest BCUT2D eigenvalue weighted by Crippen LogP contribution is 2.71. The molecule has 6 rings (SSSR count). The number of carbonyl (C=O) groups is 1. The maximum absolute atomic E-state index is 13.2. The van der Waals surface area contributed by atoms with Gasteiger partial charge in [-0.2, -0.15) is 0 Å². The summed E-state index contributed by atoms with van der Waals surface area (Å²) in [5.41, 5.74) is 5.31. The van der Waals surface area contributed by atoms with E-state index < -0.39 is 26.3 Å². The number of sulfonamides is 1. The monoisotopic (exact) mass is 508 g/mol. The van der Waals surface area contributed by atoms with Gasteiger partial charge >= 0.3 is 0 Å². The van der Waals surface area contributed by atoms with Crippen LogP contribution < -0.4 is 5.73 Å². The van der Waals surface area contributed by atoms with Gasteiger partial charge < -0.3 is 10.5 Å². The lowest BCUT2D eigenvalue weighted by Crippen LogP contribution is -2.50. The Hall–Kier alpha value is -1.41. The Labute approximate surface area is 192 Å². The zero-order valence-electron chi connectivity index (χ0n) is 17.9. The van der Waals surface area contributed by atoms with Crippen LogP contribution in [-0.2, 0) is 26.0 Å². The molecule has 0 radical (unpaired) electrons. The Morgan fingerprint density at radius 1 is 1.23 bits per heavy atom. The van der Waals surface area contributed by atoms with Crippen molar-refractivity contribution in [3.8, 4) is 0 Å². The maximum atomic E-state index is 13.2. The van der Waals surface area contributed by atoms with Crippen LogP contribution in [-0.4, -0.2) is 31.1 Å². The van der Waals surface area contributed by atoms with Crippen molar-refractivity contribution < 1.29 is 17.9 Å². The zero-order valence-corrected chi connectivity index (χ0v) is 20.3. The van der Waals surface area contributed by atoms with Crippen LogP contribution in [0.2, 0.25) is 0 Å². The molecule has 1 heterocycles. The fraction of sp³-hybridized carbons (Fsp3) is 0.652. The minimum atomic E-state index is -3.74. The first-order valence-electron chi connectivity index (χ1n) is 11.0. The van der Waals surface area contributed by atoms with Crippen LogP contribution in [0.3, 0.4) is 0 Å². The predicted octanol–water partition coefficient (Wildman–Crippen LogP) is 3.97. The third-order valence-electron chi connectivity index (χ3n) is 8.29. The third kappa shape index (κ3) is 3.45. The van der Waals surface area contributed by atoms with E-state index >= 15 is 0 Å². The van der Waals surface area contributed by atoms with Gasteiger partial charge in [0.25, 0.3) is 10.0 Å². The molecule has 0 aromatic heterocycles. The second-order valence-corrected chi connectivity index (χ2v) is 13.5. The number of benzene rings is 1. The number of nitrogens with zero attached hydrogens (tertiary/aromatic N) is 1. The smallest absolute Gasteiger partial charge is 0.263 e. The normalized spacial score (nSPS) is 39.2. The lowest BCUT2D eigenvalue weighted by molar-refractivity contribution is -0.130. The third-order valence-corrected chi connectivity index (χ3v) is 10.7. The first-order valence-corrected chi connectivity index (χ1v) is 13.3. The summed E-state index contributed by atoms with van der Waals surface area (Å²) in [7, 11) is -3.74. The number of amides is 1. The van der Waals surface area contributed by atoms with Crippen molar-refractivity contribution in [2.24, 2.45) is 32.8 Å². The van der Waals surface area contributed by atoms with Crippen molar-refractivity contribution in [2.75, 3.05) is 0 Å². The van der Waals surface area contributed by atoms with E-state index in [1.807, 2.05) is 38.1 Å². The highest BCUT2D eigenvalue weighted by molar-refractivity contribution is 9.10. The molecule has 8 heteroatoms. The molecule has 0 saturated heterocycles. The van der Waals surface area contributed by atoms with Crippen molar-refractivity contribution in [1.29, 1.82) is 0 Å². The summed E-state index contributed by atoms with van der Waals surface area (Å²) in [6, 6.07) is 7.66. The van der Waals surface area contributed by atoms with Gasteiger partial charge in [-0.1, -0.05) is 28.1 Å². The van der Waals surface area contributed by atoms with Gasteiger partial charge in [-0.15, -0.1) is 4.40 Å². The summed E-state index contributed by atoms with van der Waals surface area (Å²) in [6.07, 6.45) is 5.39. The van der Waals surface area contributed by atoms with Gasteiger partial charge in [0.05, 0.1) is 5.41 Å². The molecule has 1 aliphatic heterocycles. The molecule has 4 bridgehead atoms. The summed E-state index contributed by atoms with van der Waals surface area (Å²) >= 11 is 3.41. The minimum Gasteiger partial charge on any atom is -0.473 e. The Kier molecular flexibility index (Phi) is 4.70. The molecular formula is C23H29BrN2O4S. The van der Waals surface area contributed by atoms with E-state index in [4.69, 9.17) is 10.5 Å².